The number of benzene rings is 1. The first-order chi connectivity index (χ1) is 14.8. The van der Waals surface area contributed by atoms with Gasteiger partial charge in [0.1, 0.15) is 0 Å². The molecule has 1 aromatic rings. The van der Waals surface area contributed by atoms with Gasteiger partial charge >= 0.3 is 5.97 Å². The highest BCUT2D eigenvalue weighted by molar-refractivity contribution is 6.13. The van der Waals surface area contributed by atoms with E-state index in [2.05, 4.69) is 11.9 Å². The van der Waals surface area contributed by atoms with Crippen molar-refractivity contribution in [2.45, 2.75) is 45.3 Å². The van der Waals surface area contributed by atoms with Gasteiger partial charge < -0.3 is 19.7 Å². The Hall–Kier alpha value is -2.67. The molecule has 1 N–H and O–H groups in total. The van der Waals surface area contributed by atoms with Gasteiger partial charge in [-0.05, 0) is 44.7 Å². The van der Waals surface area contributed by atoms with Crippen LogP contribution < -0.4 is 5.32 Å². The minimum absolute atomic E-state index is 0.0398. The first-order valence-electron chi connectivity index (χ1n) is 10.8. The molecule has 168 valence electrons. The molecule has 2 fully saturated rings. The van der Waals surface area contributed by atoms with Gasteiger partial charge in [0, 0.05) is 30.9 Å². The maximum absolute atomic E-state index is 13.0. The molecule has 2 aliphatic heterocycles. The number of nitrogens with one attached hydrogen (secondary N) is 1. The van der Waals surface area contributed by atoms with Crippen molar-refractivity contribution in [1.82, 2.24) is 4.90 Å². The summed E-state index contributed by atoms with van der Waals surface area (Å²) in [6.45, 7) is 9.12. The fourth-order valence-corrected chi connectivity index (χ4v) is 4.31. The second-order valence-electron chi connectivity index (χ2n) is 8.59. The fraction of sp³-hybridized carbons (Fsp3) is 0.542. The summed E-state index contributed by atoms with van der Waals surface area (Å²) in [6, 6.07) is 10.1. The monoisotopic (exact) mass is 428 g/mol. The van der Waals surface area contributed by atoms with Crippen LogP contribution in [0.25, 0.3) is 0 Å². The molecule has 0 saturated carbocycles. The number of hydrogen-bond acceptors (Lipinski definition) is 6. The van der Waals surface area contributed by atoms with Crippen LogP contribution in [-0.2, 0) is 23.9 Å². The third-order valence-corrected chi connectivity index (χ3v) is 6.57. The van der Waals surface area contributed by atoms with Gasteiger partial charge in [-0.15, -0.1) is 0 Å². The van der Waals surface area contributed by atoms with Crippen LogP contribution in [0.4, 0.5) is 5.69 Å². The Morgan fingerprint density at radius 1 is 1.26 bits per heavy atom. The number of para-hydroxylation sites is 1. The fourth-order valence-electron chi connectivity index (χ4n) is 4.31. The van der Waals surface area contributed by atoms with E-state index in [4.69, 9.17) is 9.47 Å². The van der Waals surface area contributed by atoms with Gasteiger partial charge in [-0.2, -0.15) is 0 Å². The third-order valence-electron chi connectivity index (χ3n) is 6.57. The van der Waals surface area contributed by atoms with Gasteiger partial charge in [0.05, 0.1) is 25.7 Å². The SMILES string of the molecule is C=C1C(=O)[C@](C)(C(=O)OC)[C@@H](CC(=O)N2CCC(CNc3ccccc3)CC2)O[C@H]1C. The first-order valence-corrected chi connectivity index (χ1v) is 10.8. The van der Waals surface area contributed by atoms with Crippen molar-refractivity contribution in [2.75, 3.05) is 32.1 Å². The summed E-state index contributed by atoms with van der Waals surface area (Å²) in [6.07, 6.45) is 0.340. The van der Waals surface area contributed by atoms with E-state index < -0.39 is 29.4 Å². The quantitative estimate of drug-likeness (QED) is 0.426. The maximum Gasteiger partial charge on any atom is 0.322 e. The summed E-state index contributed by atoms with van der Waals surface area (Å²) >= 11 is 0. The number of Topliss-reactive ketones (excluding diaryl/α,β-unsaturated/α-hetero) is 1. The molecule has 3 atom stereocenters. The normalized spacial score (nSPS) is 27.1. The highest BCUT2D eigenvalue weighted by atomic mass is 16.5. The van der Waals surface area contributed by atoms with Crippen molar-refractivity contribution < 1.29 is 23.9 Å². The zero-order valence-corrected chi connectivity index (χ0v) is 18.6. The van der Waals surface area contributed by atoms with Crippen molar-refractivity contribution in [3.63, 3.8) is 0 Å². The molecular formula is C24H32N2O5. The Labute approximate surface area is 183 Å². The number of hydrogen-bond donors (Lipinski definition) is 1. The zero-order valence-electron chi connectivity index (χ0n) is 18.6. The molecule has 0 aliphatic carbocycles. The van der Waals surface area contributed by atoms with Crippen LogP contribution >= 0.6 is 0 Å². The van der Waals surface area contributed by atoms with Crippen molar-refractivity contribution in [3.8, 4) is 0 Å². The molecule has 7 nitrogen and oxygen atoms in total. The predicted octanol–water partition coefficient (Wildman–Crippen LogP) is 2.82. The van der Waals surface area contributed by atoms with Crippen LogP contribution in [0.5, 0.6) is 0 Å². The van der Waals surface area contributed by atoms with Gasteiger partial charge in [0.25, 0.3) is 0 Å². The number of rotatable bonds is 6. The van der Waals surface area contributed by atoms with E-state index in [1.807, 2.05) is 30.3 Å². The van der Waals surface area contributed by atoms with E-state index in [-0.39, 0.29) is 17.9 Å². The molecule has 1 aromatic carbocycles. The highest BCUT2D eigenvalue weighted by Crippen LogP contribution is 2.39. The van der Waals surface area contributed by atoms with Gasteiger partial charge in [-0.1, -0.05) is 24.8 Å². The minimum Gasteiger partial charge on any atom is -0.468 e. The number of piperidine rings is 1. The predicted molar refractivity (Wildman–Crippen MR) is 117 cm³/mol. The summed E-state index contributed by atoms with van der Waals surface area (Å²) in [7, 11) is 1.23. The van der Waals surface area contributed by atoms with Gasteiger partial charge in [0.2, 0.25) is 5.91 Å². The number of nitrogens with zero attached hydrogens (tertiary/aromatic N) is 1. The lowest BCUT2D eigenvalue weighted by Crippen LogP contribution is -2.56. The number of carbonyl (C=O) groups excluding carboxylic acids is 3. The molecule has 7 heteroatoms. The van der Waals surface area contributed by atoms with Gasteiger partial charge in [0.15, 0.2) is 11.2 Å². The smallest absolute Gasteiger partial charge is 0.322 e. The van der Waals surface area contributed by atoms with Crippen LogP contribution in [0.1, 0.15) is 33.1 Å². The Bertz CT molecular complexity index is 832. The van der Waals surface area contributed by atoms with E-state index in [0.717, 1.165) is 25.1 Å². The largest absolute Gasteiger partial charge is 0.468 e. The van der Waals surface area contributed by atoms with Crippen LogP contribution in [-0.4, -0.2) is 61.5 Å². The summed E-state index contributed by atoms with van der Waals surface area (Å²) in [5.41, 5.74) is -0.243. The Morgan fingerprint density at radius 2 is 1.90 bits per heavy atom. The topological polar surface area (TPSA) is 84.9 Å². The second kappa shape index (κ2) is 9.64. The third kappa shape index (κ3) is 4.82. The summed E-state index contributed by atoms with van der Waals surface area (Å²) < 4.78 is 10.8. The number of carbonyl (C=O) groups is 3. The maximum atomic E-state index is 13.0. The number of likely N-dealkylation sites (tertiary alicyclic amines) is 1. The summed E-state index contributed by atoms with van der Waals surface area (Å²) in [5, 5.41) is 3.45. The van der Waals surface area contributed by atoms with E-state index in [1.54, 1.807) is 11.8 Å². The van der Waals surface area contributed by atoms with Gasteiger partial charge in [-0.3, -0.25) is 14.4 Å². The summed E-state index contributed by atoms with van der Waals surface area (Å²) in [4.78, 5) is 40.1. The lowest BCUT2D eigenvalue weighted by atomic mass is 9.72. The number of amides is 1. The van der Waals surface area contributed by atoms with Crippen molar-refractivity contribution >= 4 is 23.3 Å². The highest BCUT2D eigenvalue weighted by Gasteiger charge is 2.55. The first kappa shape index (κ1) is 23.0. The molecular weight excluding hydrogens is 396 g/mol. The average Bonchev–Trinajstić information content (AvgIpc) is 2.80. The molecule has 3 rings (SSSR count). The van der Waals surface area contributed by atoms with Crippen molar-refractivity contribution in [1.29, 1.82) is 0 Å². The van der Waals surface area contributed by atoms with E-state index >= 15 is 0 Å². The molecule has 0 aromatic heterocycles. The Balaban J connectivity index is 1.57. The molecule has 31 heavy (non-hydrogen) atoms. The van der Waals surface area contributed by atoms with E-state index in [0.29, 0.717) is 19.0 Å². The van der Waals surface area contributed by atoms with Crippen molar-refractivity contribution in [2.24, 2.45) is 11.3 Å². The number of esters is 1. The number of ether oxygens (including phenoxy) is 2. The molecule has 0 unspecified atom stereocenters. The number of methoxy groups -OCH3 is 1. The molecule has 2 heterocycles. The van der Waals surface area contributed by atoms with Crippen LogP contribution in [0, 0.1) is 11.3 Å². The molecule has 2 aliphatic rings. The Morgan fingerprint density at radius 3 is 2.52 bits per heavy atom. The standard InChI is InChI=1S/C24H32N2O5/c1-16-17(2)31-20(24(3,22(16)28)23(29)30-4)14-21(27)26-12-10-18(11-13-26)15-25-19-8-6-5-7-9-19/h5-9,17-18,20,25H,1,10-15H2,2-4H3/t17-,20+,24+/m0/s1. The van der Waals surface area contributed by atoms with Gasteiger partial charge in [-0.25, -0.2) is 0 Å². The van der Waals surface area contributed by atoms with Crippen LogP contribution in [0.15, 0.2) is 42.5 Å². The summed E-state index contributed by atoms with van der Waals surface area (Å²) in [5.74, 6) is -0.738. The molecule has 0 radical (unpaired) electrons. The lowest BCUT2D eigenvalue weighted by molar-refractivity contribution is -0.176. The average molecular weight is 429 g/mol. The van der Waals surface area contributed by atoms with E-state index in [9.17, 15) is 14.4 Å². The van der Waals surface area contributed by atoms with Crippen LogP contribution in [0.2, 0.25) is 0 Å². The number of anilines is 1. The van der Waals surface area contributed by atoms with E-state index in [1.165, 1.54) is 14.0 Å². The van der Waals surface area contributed by atoms with Crippen LogP contribution in [0.3, 0.4) is 0 Å². The molecule has 1 amide bonds. The minimum atomic E-state index is -1.56. The molecule has 2 saturated heterocycles. The van der Waals surface area contributed by atoms with Crippen molar-refractivity contribution in [3.05, 3.63) is 42.5 Å². The lowest BCUT2D eigenvalue weighted by Gasteiger charge is -2.42. The molecule has 0 spiro atoms. The zero-order chi connectivity index (χ0) is 22.6. The molecule has 0 bridgehead atoms. The second-order valence-corrected chi connectivity index (χ2v) is 8.59. The number of ketones is 1. The Kier molecular flexibility index (Phi) is 7.15.